The molecule has 0 aliphatic rings. The number of nitrogens with two attached hydrogens (primary N) is 1. The third-order valence-corrected chi connectivity index (χ3v) is 4.44. The molecule has 0 spiro atoms. The molecule has 0 saturated heterocycles. The highest BCUT2D eigenvalue weighted by atomic mass is 32.1. The van der Waals surface area contributed by atoms with E-state index in [0.717, 1.165) is 28.1 Å². The molecule has 0 amide bonds. The Morgan fingerprint density at radius 2 is 1.90 bits per heavy atom. The molecule has 0 bridgehead atoms. The number of aryl methyl sites for hydroxylation is 2. The highest BCUT2D eigenvalue weighted by Crippen LogP contribution is 2.38. The number of anilines is 1. The highest BCUT2D eigenvalue weighted by molar-refractivity contribution is 7.08. The van der Waals surface area contributed by atoms with Gasteiger partial charge < -0.3 is 10.5 Å². The van der Waals surface area contributed by atoms with Gasteiger partial charge in [0, 0.05) is 18.0 Å². The van der Waals surface area contributed by atoms with Gasteiger partial charge in [-0.1, -0.05) is 12.1 Å². The minimum absolute atomic E-state index is 0.667. The Balaban J connectivity index is 2.19. The Kier molecular flexibility index (Phi) is 3.43. The van der Waals surface area contributed by atoms with Crippen LogP contribution < -0.4 is 10.5 Å². The zero-order valence-electron chi connectivity index (χ0n) is 12.3. The molecule has 108 valence electrons. The van der Waals surface area contributed by atoms with Crippen molar-refractivity contribution in [2.75, 3.05) is 12.8 Å². The largest absolute Gasteiger partial charge is 0.497 e. The van der Waals surface area contributed by atoms with Gasteiger partial charge in [0.1, 0.15) is 17.3 Å². The van der Waals surface area contributed by atoms with Crippen LogP contribution in [0.3, 0.4) is 0 Å². The number of ether oxygens (including phenoxy) is 1. The summed E-state index contributed by atoms with van der Waals surface area (Å²) in [6.07, 6.45) is 0. The highest BCUT2D eigenvalue weighted by Gasteiger charge is 2.19. The lowest BCUT2D eigenvalue weighted by Gasteiger charge is -2.06. The van der Waals surface area contributed by atoms with Crippen LogP contribution in [0.5, 0.6) is 5.75 Å². The molecule has 5 heteroatoms. The van der Waals surface area contributed by atoms with Crippen molar-refractivity contribution in [2.24, 2.45) is 7.05 Å². The monoisotopic (exact) mass is 299 g/mol. The summed E-state index contributed by atoms with van der Waals surface area (Å²) in [5.74, 6) is 1.50. The molecular formula is C16H17N3OS. The van der Waals surface area contributed by atoms with Crippen molar-refractivity contribution in [2.45, 2.75) is 6.92 Å². The van der Waals surface area contributed by atoms with Gasteiger partial charge in [-0.3, -0.25) is 4.68 Å². The Morgan fingerprint density at radius 1 is 1.19 bits per heavy atom. The lowest BCUT2D eigenvalue weighted by atomic mass is 10.0. The molecule has 0 atom stereocenters. The number of hydrogen-bond donors (Lipinski definition) is 1. The zero-order valence-corrected chi connectivity index (χ0v) is 13.1. The number of hydrogen-bond acceptors (Lipinski definition) is 4. The number of rotatable bonds is 3. The number of methoxy groups -OCH3 is 1. The van der Waals surface area contributed by atoms with Crippen LogP contribution in [-0.4, -0.2) is 16.9 Å². The third kappa shape index (κ3) is 2.29. The van der Waals surface area contributed by atoms with Crippen molar-refractivity contribution in [1.82, 2.24) is 9.78 Å². The lowest BCUT2D eigenvalue weighted by Crippen LogP contribution is -1.98. The molecule has 0 saturated carbocycles. The molecule has 4 nitrogen and oxygen atoms in total. The predicted molar refractivity (Wildman–Crippen MR) is 87.7 cm³/mol. The van der Waals surface area contributed by atoms with Gasteiger partial charge in [-0.2, -0.15) is 16.4 Å². The van der Waals surface area contributed by atoms with Gasteiger partial charge in [0.15, 0.2) is 0 Å². The van der Waals surface area contributed by atoms with Crippen LogP contribution in [0.25, 0.3) is 22.4 Å². The Morgan fingerprint density at radius 3 is 2.48 bits per heavy atom. The number of thiophene rings is 1. The maximum absolute atomic E-state index is 6.23. The van der Waals surface area contributed by atoms with Crippen molar-refractivity contribution in [3.8, 4) is 28.1 Å². The van der Waals surface area contributed by atoms with Crippen LogP contribution >= 0.6 is 11.3 Å². The second-order valence-corrected chi connectivity index (χ2v) is 5.67. The second kappa shape index (κ2) is 5.26. The molecule has 1 aromatic carbocycles. The molecule has 3 rings (SSSR count). The first-order chi connectivity index (χ1) is 10.1. The minimum atomic E-state index is 0.667. The second-order valence-electron chi connectivity index (χ2n) is 4.93. The zero-order chi connectivity index (χ0) is 15.0. The number of nitrogens with zero attached hydrogens (tertiary/aromatic N) is 2. The molecule has 0 fully saturated rings. The van der Waals surface area contributed by atoms with E-state index in [-0.39, 0.29) is 0 Å². The van der Waals surface area contributed by atoms with Crippen molar-refractivity contribution in [3.05, 3.63) is 40.6 Å². The van der Waals surface area contributed by atoms with Crippen molar-refractivity contribution in [3.63, 3.8) is 0 Å². The fourth-order valence-corrected chi connectivity index (χ4v) is 3.20. The SMILES string of the molecule is COc1ccc(-c2c(-c3cscc3C)nn(C)c2N)cc1. The Hall–Kier alpha value is -2.27. The third-order valence-electron chi connectivity index (χ3n) is 3.58. The van der Waals surface area contributed by atoms with E-state index in [1.165, 1.54) is 5.56 Å². The average Bonchev–Trinajstić information content (AvgIpc) is 3.04. The maximum Gasteiger partial charge on any atom is 0.129 e. The van der Waals surface area contributed by atoms with E-state index in [4.69, 9.17) is 10.5 Å². The van der Waals surface area contributed by atoms with Gasteiger partial charge >= 0.3 is 0 Å². The van der Waals surface area contributed by atoms with E-state index in [1.54, 1.807) is 23.1 Å². The molecule has 2 aromatic heterocycles. The normalized spacial score (nSPS) is 10.8. The summed E-state index contributed by atoms with van der Waals surface area (Å²) in [5.41, 5.74) is 11.5. The molecule has 3 aromatic rings. The van der Waals surface area contributed by atoms with Gasteiger partial charge in [0.25, 0.3) is 0 Å². The lowest BCUT2D eigenvalue weighted by molar-refractivity contribution is 0.415. The molecular weight excluding hydrogens is 282 g/mol. The summed E-state index contributed by atoms with van der Waals surface area (Å²) in [4.78, 5) is 0. The van der Waals surface area contributed by atoms with Gasteiger partial charge in [-0.25, -0.2) is 0 Å². The standard InChI is InChI=1S/C16H17N3OS/c1-10-8-21-9-13(10)15-14(16(17)19(2)18-15)11-4-6-12(20-3)7-5-11/h4-9H,17H2,1-3H3. The van der Waals surface area contributed by atoms with E-state index >= 15 is 0 Å². The van der Waals surface area contributed by atoms with Crippen LogP contribution in [0.1, 0.15) is 5.56 Å². The van der Waals surface area contributed by atoms with Crippen LogP contribution in [0.15, 0.2) is 35.0 Å². The van der Waals surface area contributed by atoms with Gasteiger partial charge in [0.05, 0.1) is 12.7 Å². The van der Waals surface area contributed by atoms with Crippen molar-refractivity contribution >= 4 is 17.2 Å². The summed E-state index contributed by atoms with van der Waals surface area (Å²) >= 11 is 1.68. The minimum Gasteiger partial charge on any atom is -0.497 e. The summed E-state index contributed by atoms with van der Waals surface area (Å²) in [7, 11) is 3.53. The first-order valence-corrected chi connectivity index (χ1v) is 7.56. The van der Waals surface area contributed by atoms with Crippen molar-refractivity contribution in [1.29, 1.82) is 0 Å². The molecule has 0 radical (unpaired) electrons. The maximum atomic E-state index is 6.23. The summed E-state index contributed by atoms with van der Waals surface area (Å²) in [6.45, 7) is 2.09. The van der Waals surface area contributed by atoms with Gasteiger partial charge in [-0.15, -0.1) is 0 Å². The topological polar surface area (TPSA) is 53.1 Å². The van der Waals surface area contributed by atoms with E-state index < -0.39 is 0 Å². The van der Waals surface area contributed by atoms with Crippen molar-refractivity contribution < 1.29 is 4.74 Å². The number of benzene rings is 1. The molecule has 21 heavy (non-hydrogen) atoms. The van der Waals surface area contributed by atoms with E-state index in [0.29, 0.717) is 5.82 Å². The van der Waals surface area contributed by atoms with Crippen LogP contribution in [0.4, 0.5) is 5.82 Å². The summed E-state index contributed by atoms with van der Waals surface area (Å²) < 4.78 is 6.94. The quantitative estimate of drug-likeness (QED) is 0.802. The first-order valence-electron chi connectivity index (χ1n) is 6.62. The molecule has 2 heterocycles. The number of nitrogen functional groups attached to an aromatic ring is 1. The van der Waals surface area contributed by atoms with Gasteiger partial charge in [0.2, 0.25) is 0 Å². The molecule has 0 aliphatic carbocycles. The Bertz CT molecular complexity index is 771. The van der Waals surface area contributed by atoms with Crippen LogP contribution in [0, 0.1) is 6.92 Å². The fourth-order valence-electron chi connectivity index (χ4n) is 2.37. The predicted octanol–water partition coefficient (Wildman–Crippen LogP) is 3.71. The van der Waals surface area contributed by atoms with Crippen LogP contribution in [-0.2, 0) is 7.05 Å². The summed E-state index contributed by atoms with van der Waals surface area (Å²) in [6, 6.07) is 7.90. The molecule has 0 unspecified atom stereocenters. The fraction of sp³-hybridized carbons (Fsp3) is 0.188. The van der Waals surface area contributed by atoms with Gasteiger partial charge in [-0.05, 0) is 35.6 Å². The van der Waals surface area contributed by atoms with E-state index in [1.807, 2.05) is 31.3 Å². The van der Waals surface area contributed by atoms with Crippen LogP contribution in [0.2, 0.25) is 0 Å². The Labute approximate surface area is 127 Å². The van der Waals surface area contributed by atoms with E-state index in [2.05, 4.69) is 22.8 Å². The summed E-state index contributed by atoms with van der Waals surface area (Å²) in [5, 5.41) is 8.84. The molecule has 0 aliphatic heterocycles. The average molecular weight is 299 g/mol. The smallest absolute Gasteiger partial charge is 0.129 e. The van der Waals surface area contributed by atoms with E-state index in [9.17, 15) is 0 Å². The first kappa shape index (κ1) is 13.7. The number of aromatic nitrogens is 2. The molecule has 2 N–H and O–H groups in total.